The number of carboxylic acid groups (broad SMARTS) is 1. The third-order valence-electron chi connectivity index (χ3n) is 3.29. The van der Waals surface area contributed by atoms with Crippen LogP contribution in [0.5, 0.6) is 0 Å². The van der Waals surface area contributed by atoms with Gasteiger partial charge in [0.2, 0.25) is 5.95 Å². The average Bonchev–Trinajstić information content (AvgIpc) is 2.97. The first kappa shape index (κ1) is 13.2. The fourth-order valence-corrected chi connectivity index (χ4v) is 2.15. The van der Waals surface area contributed by atoms with Crippen LogP contribution in [-0.4, -0.2) is 49.2 Å². The van der Waals surface area contributed by atoms with Gasteiger partial charge in [0.15, 0.2) is 0 Å². The molecule has 0 unspecified atom stereocenters. The zero-order chi connectivity index (χ0) is 14.8. The van der Waals surface area contributed by atoms with Crippen molar-refractivity contribution in [3.8, 4) is 5.69 Å². The zero-order valence-corrected chi connectivity index (χ0v) is 11.0. The highest BCUT2D eigenvalue weighted by atomic mass is 19.1. The first-order chi connectivity index (χ1) is 10.1. The van der Waals surface area contributed by atoms with Crippen LogP contribution in [0.4, 0.5) is 9.18 Å². The van der Waals surface area contributed by atoms with Crippen molar-refractivity contribution in [2.24, 2.45) is 0 Å². The van der Waals surface area contributed by atoms with E-state index in [1.807, 2.05) is 0 Å². The summed E-state index contributed by atoms with van der Waals surface area (Å²) >= 11 is 0. The molecule has 2 aromatic heterocycles. The van der Waals surface area contributed by atoms with Crippen molar-refractivity contribution < 1.29 is 14.3 Å². The minimum Gasteiger partial charge on any atom is -0.465 e. The molecule has 0 bridgehead atoms. The summed E-state index contributed by atoms with van der Waals surface area (Å²) in [4.78, 5) is 15.7. The number of hydrogen-bond acceptors (Lipinski definition) is 4. The van der Waals surface area contributed by atoms with E-state index in [9.17, 15) is 9.18 Å². The lowest BCUT2D eigenvalue weighted by atomic mass is 10.1. The van der Waals surface area contributed by atoms with Gasteiger partial charge in [0.05, 0.1) is 6.20 Å². The Morgan fingerprint density at radius 1 is 1.43 bits per heavy atom. The molecule has 0 atom stereocenters. The van der Waals surface area contributed by atoms with Crippen molar-refractivity contribution in [3.63, 3.8) is 0 Å². The maximum atomic E-state index is 13.6. The van der Waals surface area contributed by atoms with E-state index in [-0.39, 0.29) is 5.69 Å². The van der Waals surface area contributed by atoms with E-state index < -0.39 is 12.0 Å². The van der Waals surface area contributed by atoms with Gasteiger partial charge in [0.1, 0.15) is 11.4 Å². The monoisotopic (exact) mass is 289 g/mol. The van der Waals surface area contributed by atoms with Crippen molar-refractivity contribution in [2.45, 2.75) is 6.42 Å². The molecule has 108 valence electrons. The Labute approximate surface area is 119 Å². The van der Waals surface area contributed by atoms with Crippen LogP contribution in [0.1, 0.15) is 12.1 Å². The normalized spacial score (nSPS) is 14.9. The van der Waals surface area contributed by atoms with Crippen LogP contribution in [-0.2, 0) is 0 Å². The van der Waals surface area contributed by atoms with Gasteiger partial charge < -0.3 is 10.0 Å². The lowest BCUT2D eigenvalue weighted by molar-refractivity contribution is 0.150. The topological polar surface area (TPSA) is 84.1 Å². The lowest BCUT2D eigenvalue weighted by Crippen LogP contribution is -2.33. The second-order valence-corrected chi connectivity index (χ2v) is 4.57. The molecular weight excluding hydrogens is 277 g/mol. The predicted octanol–water partition coefficient (Wildman–Crippen LogP) is 1.57. The van der Waals surface area contributed by atoms with Gasteiger partial charge in [-0.25, -0.2) is 14.5 Å². The second-order valence-electron chi connectivity index (χ2n) is 4.57. The lowest BCUT2D eigenvalue weighted by Gasteiger charge is -2.22. The fourth-order valence-electron chi connectivity index (χ4n) is 2.15. The Bertz CT molecular complexity index is 712. The highest BCUT2D eigenvalue weighted by Gasteiger charge is 2.19. The molecule has 21 heavy (non-hydrogen) atoms. The molecule has 3 heterocycles. The van der Waals surface area contributed by atoms with Gasteiger partial charge >= 0.3 is 6.09 Å². The Kier molecular flexibility index (Phi) is 3.35. The SMILES string of the molecule is O=C(O)N1CC=C(c2cn(-c3cccnc3F)nn2)CC1. The Morgan fingerprint density at radius 2 is 2.29 bits per heavy atom. The Balaban J connectivity index is 1.83. The molecule has 0 radical (unpaired) electrons. The van der Waals surface area contributed by atoms with E-state index in [0.29, 0.717) is 25.2 Å². The van der Waals surface area contributed by atoms with Crippen LogP contribution in [0, 0.1) is 5.95 Å². The smallest absolute Gasteiger partial charge is 0.407 e. The van der Waals surface area contributed by atoms with Crippen molar-refractivity contribution in [1.29, 1.82) is 0 Å². The quantitative estimate of drug-likeness (QED) is 0.848. The van der Waals surface area contributed by atoms with Crippen molar-refractivity contribution in [1.82, 2.24) is 24.9 Å². The number of halogens is 1. The molecule has 1 aliphatic heterocycles. The molecule has 0 aliphatic carbocycles. The molecular formula is C13H12FN5O2. The van der Waals surface area contributed by atoms with Crippen LogP contribution in [0.3, 0.4) is 0 Å². The summed E-state index contributed by atoms with van der Waals surface area (Å²) in [5.74, 6) is -0.622. The van der Waals surface area contributed by atoms with Gasteiger partial charge in [-0.05, 0) is 24.1 Å². The van der Waals surface area contributed by atoms with E-state index in [1.54, 1.807) is 24.4 Å². The van der Waals surface area contributed by atoms with Crippen LogP contribution in [0.25, 0.3) is 11.3 Å². The highest BCUT2D eigenvalue weighted by Crippen LogP contribution is 2.21. The molecule has 1 N–H and O–H groups in total. The molecule has 0 fully saturated rings. The first-order valence-electron chi connectivity index (χ1n) is 6.35. The maximum Gasteiger partial charge on any atom is 0.407 e. The molecule has 1 amide bonds. The summed E-state index contributed by atoms with van der Waals surface area (Å²) in [6, 6.07) is 3.17. The number of nitrogens with zero attached hydrogens (tertiary/aromatic N) is 5. The van der Waals surface area contributed by atoms with Gasteiger partial charge in [0, 0.05) is 19.3 Å². The summed E-state index contributed by atoms with van der Waals surface area (Å²) in [7, 11) is 0. The van der Waals surface area contributed by atoms with Crippen LogP contribution >= 0.6 is 0 Å². The number of carbonyl (C=O) groups is 1. The van der Waals surface area contributed by atoms with Crippen LogP contribution < -0.4 is 0 Å². The van der Waals surface area contributed by atoms with Gasteiger partial charge in [0.25, 0.3) is 0 Å². The van der Waals surface area contributed by atoms with Crippen molar-refractivity contribution >= 4 is 11.7 Å². The number of amides is 1. The van der Waals surface area contributed by atoms with Crippen molar-refractivity contribution in [3.05, 3.63) is 42.2 Å². The Morgan fingerprint density at radius 3 is 2.95 bits per heavy atom. The molecule has 8 heteroatoms. The highest BCUT2D eigenvalue weighted by molar-refractivity contribution is 5.69. The molecule has 0 aromatic carbocycles. The maximum absolute atomic E-state index is 13.6. The van der Waals surface area contributed by atoms with Gasteiger partial charge in [-0.15, -0.1) is 5.10 Å². The largest absolute Gasteiger partial charge is 0.465 e. The fraction of sp³-hybridized carbons (Fsp3) is 0.231. The second kappa shape index (κ2) is 5.31. The predicted molar refractivity (Wildman–Crippen MR) is 71.3 cm³/mol. The molecule has 0 saturated carbocycles. The van der Waals surface area contributed by atoms with Crippen LogP contribution in [0.15, 0.2) is 30.6 Å². The molecule has 0 spiro atoms. The third-order valence-corrected chi connectivity index (χ3v) is 3.29. The molecule has 7 nitrogen and oxygen atoms in total. The van der Waals surface area contributed by atoms with Gasteiger partial charge in [-0.1, -0.05) is 11.3 Å². The number of hydrogen-bond donors (Lipinski definition) is 1. The molecule has 2 aromatic rings. The molecule has 3 rings (SSSR count). The first-order valence-corrected chi connectivity index (χ1v) is 6.35. The van der Waals surface area contributed by atoms with E-state index in [4.69, 9.17) is 5.11 Å². The van der Waals surface area contributed by atoms with Gasteiger partial charge in [-0.2, -0.15) is 4.39 Å². The summed E-state index contributed by atoms with van der Waals surface area (Å²) in [5.41, 5.74) is 1.74. The molecule has 0 saturated heterocycles. The number of pyridine rings is 1. The number of aromatic nitrogens is 4. The van der Waals surface area contributed by atoms with E-state index >= 15 is 0 Å². The minimum atomic E-state index is -0.939. The van der Waals surface area contributed by atoms with E-state index in [1.165, 1.54) is 15.8 Å². The summed E-state index contributed by atoms with van der Waals surface area (Å²) in [6.45, 7) is 0.730. The minimum absolute atomic E-state index is 0.222. The summed E-state index contributed by atoms with van der Waals surface area (Å²) in [6.07, 6.45) is 4.39. The van der Waals surface area contributed by atoms with Gasteiger partial charge in [-0.3, -0.25) is 0 Å². The Hall–Kier alpha value is -2.77. The summed E-state index contributed by atoms with van der Waals surface area (Å²) < 4.78 is 14.9. The number of rotatable bonds is 2. The van der Waals surface area contributed by atoms with E-state index in [2.05, 4.69) is 15.3 Å². The summed E-state index contributed by atoms with van der Waals surface area (Å²) in [5, 5.41) is 16.8. The standard InChI is InChI=1S/C13H12FN5O2/c14-12-11(2-1-5-15-12)19-8-10(16-17-19)9-3-6-18(7-4-9)13(20)21/h1-3,5,8H,4,6-7H2,(H,20,21). The van der Waals surface area contributed by atoms with E-state index in [0.717, 1.165) is 5.57 Å². The molecule has 1 aliphatic rings. The van der Waals surface area contributed by atoms with Crippen LogP contribution in [0.2, 0.25) is 0 Å². The van der Waals surface area contributed by atoms with Crippen molar-refractivity contribution in [2.75, 3.05) is 13.1 Å². The third kappa shape index (κ3) is 2.60. The average molecular weight is 289 g/mol. The zero-order valence-electron chi connectivity index (χ0n) is 11.0.